The fraction of sp³-hybridized carbons (Fsp3) is 0. The largest absolute Gasteiger partial charge is 0.353 e. The molecule has 0 saturated carbocycles. The van der Waals surface area contributed by atoms with E-state index in [2.05, 4.69) is 82.5 Å². The van der Waals surface area contributed by atoms with Crippen LogP contribution in [0.4, 0.5) is 11.4 Å². The van der Waals surface area contributed by atoms with Crippen molar-refractivity contribution in [1.82, 2.24) is 4.40 Å². The maximum atomic E-state index is 6.48. The molecule has 7 rings (SSSR count). The molecule has 146 valence electrons. The molecule has 31 heavy (non-hydrogen) atoms. The minimum Gasteiger partial charge on any atom is -0.353 e. The van der Waals surface area contributed by atoms with E-state index in [4.69, 9.17) is 11.6 Å². The summed E-state index contributed by atoms with van der Waals surface area (Å²) in [6, 6.07) is 34.1. The number of halogens is 1. The van der Waals surface area contributed by atoms with Crippen molar-refractivity contribution >= 4 is 71.8 Å². The predicted molar refractivity (Wildman–Crippen MR) is 133 cm³/mol. The summed E-state index contributed by atoms with van der Waals surface area (Å²) in [5.74, 6) is 0. The molecule has 0 fully saturated rings. The minimum absolute atomic E-state index is 0.711. The van der Waals surface area contributed by atoms with Crippen LogP contribution in [0.2, 0.25) is 5.02 Å². The molecule has 0 radical (unpaired) electrons. The first-order valence-electron chi connectivity index (χ1n) is 10.4. The Morgan fingerprint density at radius 2 is 1.26 bits per heavy atom. The van der Waals surface area contributed by atoms with Crippen molar-refractivity contribution in [3.63, 3.8) is 0 Å². The third-order valence-electron chi connectivity index (χ3n) is 6.37. The summed E-state index contributed by atoms with van der Waals surface area (Å²) in [5, 5.41) is 12.0. The number of nitrogens with zero attached hydrogens (tertiary/aromatic N) is 1. The topological polar surface area (TPSA) is 16.4 Å². The Hall–Kier alpha value is -3.75. The normalized spacial score (nSPS) is 12.0. The van der Waals surface area contributed by atoms with Gasteiger partial charge in [0, 0.05) is 21.5 Å². The first-order chi connectivity index (χ1) is 15.3. The second-order valence-electron chi connectivity index (χ2n) is 8.02. The zero-order chi connectivity index (χ0) is 20.5. The van der Waals surface area contributed by atoms with Gasteiger partial charge in [0.05, 0.1) is 32.9 Å². The number of fused-ring (bicyclic) bond motifs is 6. The number of rotatable bonds is 2. The molecule has 0 aliphatic heterocycles. The highest BCUT2D eigenvalue weighted by Crippen LogP contribution is 2.43. The molecule has 0 bridgehead atoms. The Bertz CT molecular complexity index is 1780. The summed E-state index contributed by atoms with van der Waals surface area (Å²) in [7, 11) is 0. The molecule has 0 amide bonds. The third kappa shape index (κ3) is 2.23. The van der Waals surface area contributed by atoms with E-state index in [1.54, 1.807) is 0 Å². The summed E-state index contributed by atoms with van der Waals surface area (Å²) in [6.45, 7) is 0. The maximum absolute atomic E-state index is 6.48. The third-order valence-corrected chi connectivity index (χ3v) is 6.70. The van der Waals surface area contributed by atoms with Gasteiger partial charge in [-0.05, 0) is 35.0 Å². The van der Waals surface area contributed by atoms with Crippen molar-refractivity contribution in [2.24, 2.45) is 0 Å². The Balaban J connectivity index is 1.73. The molecule has 7 aromatic rings. The molecule has 2 heterocycles. The summed E-state index contributed by atoms with van der Waals surface area (Å²) in [6.07, 6.45) is 0. The smallest absolute Gasteiger partial charge is 0.0777 e. The van der Waals surface area contributed by atoms with Crippen LogP contribution in [0.1, 0.15) is 0 Å². The van der Waals surface area contributed by atoms with Crippen molar-refractivity contribution < 1.29 is 0 Å². The average molecular weight is 417 g/mol. The summed E-state index contributed by atoms with van der Waals surface area (Å²) < 4.78 is 2.43. The van der Waals surface area contributed by atoms with Crippen LogP contribution in [0, 0.1) is 0 Å². The van der Waals surface area contributed by atoms with E-state index in [9.17, 15) is 0 Å². The molecule has 0 aliphatic rings. The molecule has 3 heteroatoms. The quantitative estimate of drug-likeness (QED) is 0.221. The van der Waals surface area contributed by atoms with E-state index in [-0.39, 0.29) is 0 Å². The number of para-hydroxylation sites is 3. The molecule has 1 N–H and O–H groups in total. The van der Waals surface area contributed by atoms with Crippen LogP contribution in [0.15, 0.2) is 97.1 Å². The molecule has 0 unspecified atom stereocenters. The Labute approximate surface area is 183 Å². The van der Waals surface area contributed by atoms with Gasteiger partial charge in [0.1, 0.15) is 0 Å². The van der Waals surface area contributed by atoms with E-state index in [1.807, 2.05) is 24.3 Å². The van der Waals surface area contributed by atoms with Crippen molar-refractivity contribution in [2.75, 3.05) is 5.32 Å². The molecule has 5 aromatic carbocycles. The lowest BCUT2D eigenvalue weighted by Gasteiger charge is -2.14. The average Bonchev–Trinajstić information content (AvgIpc) is 3.16. The monoisotopic (exact) mass is 416 g/mol. The zero-order valence-corrected chi connectivity index (χ0v) is 17.3. The fourth-order valence-electron chi connectivity index (χ4n) is 5.09. The van der Waals surface area contributed by atoms with Crippen LogP contribution in [0.3, 0.4) is 0 Å². The standard InChI is InChI=1S/C28H17ClN2/c29-22-11-2-3-12-23(22)30-24-13-6-10-20-21-16-15-17-7-5-9-19-18-8-1-4-14-25(18)31(27(20)24)28(21)26(17)19/h1-16,30H. The van der Waals surface area contributed by atoms with Gasteiger partial charge in [-0.25, -0.2) is 0 Å². The maximum Gasteiger partial charge on any atom is 0.0777 e. The molecular weight excluding hydrogens is 400 g/mol. The van der Waals surface area contributed by atoms with Gasteiger partial charge in [0.15, 0.2) is 0 Å². The van der Waals surface area contributed by atoms with Crippen LogP contribution >= 0.6 is 11.6 Å². The van der Waals surface area contributed by atoms with Gasteiger partial charge in [0.25, 0.3) is 0 Å². The van der Waals surface area contributed by atoms with Gasteiger partial charge >= 0.3 is 0 Å². The lowest BCUT2D eigenvalue weighted by Crippen LogP contribution is -1.96. The van der Waals surface area contributed by atoms with E-state index in [1.165, 1.54) is 48.9 Å². The molecule has 0 aliphatic carbocycles. The molecule has 2 nitrogen and oxygen atoms in total. The number of aromatic nitrogens is 1. The van der Waals surface area contributed by atoms with Gasteiger partial charge in [-0.2, -0.15) is 0 Å². The molecule has 0 spiro atoms. The molecular formula is C28H17ClN2. The lowest BCUT2D eigenvalue weighted by atomic mass is 9.99. The first kappa shape index (κ1) is 17.0. The number of hydrogen-bond acceptors (Lipinski definition) is 1. The predicted octanol–water partition coefficient (Wildman–Crippen LogP) is 8.39. The second-order valence-corrected chi connectivity index (χ2v) is 8.43. The lowest BCUT2D eigenvalue weighted by molar-refractivity contribution is 1.35. The van der Waals surface area contributed by atoms with E-state index in [0.717, 1.165) is 11.4 Å². The van der Waals surface area contributed by atoms with Crippen LogP contribution in [-0.2, 0) is 0 Å². The Morgan fingerprint density at radius 3 is 2.19 bits per heavy atom. The molecule has 0 atom stereocenters. The number of anilines is 2. The van der Waals surface area contributed by atoms with Crippen LogP contribution in [0.5, 0.6) is 0 Å². The Kier molecular flexibility index (Phi) is 3.36. The van der Waals surface area contributed by atoms with E-state index < -0.39 is 0 Å². The SMILES string of the molecule is Clc1ccccc1Nc1cccc2c3ccc4cccc5c6ccccc6n(c12)c3c45. The van der Waals surface area contributed by atoms with Crippen molar-refractivity contribution in [3.05, 3.63) is 102 Å². The van der Waals surface area contributed by atoms with E-state index in [0.29, 0.717) is 5.02 Å². The minimum atomic E-state index is 0.711. The molecule has 0 saturated heterocycles. The Morgan fingerprint density at radius 1 is 0.548 bits per heavy atom. The zero-order valence-electron chi connectivity index (χ0n) is 16.6. The first-order valence-corrected chi connectivity index (χ1v) is 10.8. The molecule has 2 aromatic heterocycles. The fourth-order valence-corrected chi connectivity index (χ4v) is 5.28. The highest BCUT2D eigenvalue weighted by molar-refractivity contribution is 6.33. The highest BCUT2D eigenvalue weighted by atomic mass is 35.5. The van der Waals surface area contributed by atoms with Crippen molar-refractivity contribution in [2.45, 2.75) is 0 Å². The number of nitrogens with one attached hydrogen (secondary N) is 1. The summed E-state index contributed by atoms with van der Waals surface area (Å²) in [5.41, 5.74) is 5.61. The van der Waals surface area contributed by atoms with E-state index >= 15 is 0 Å². The van der Waals surface area contributed by atoms with Gasteiger partial charge in [-0.15, -0.1) is 0 Å². The van der Waals surface area contributed by atoms with Crippen molar-refractivity contribution in [3.8, 4) is 0 Å². The van der Waals surface area contributed by atoms with Crippen molar-refractivity contribution in [1.29, 1.82) is 0 Å². The van der Waals surface area contributed by atoms with Gasteiger partial charge < -0.3 is 9.72 Å². The van der Waals surface area contributed by atoms with Crippen LogP contribution in [0.25, 0.3) is 48.9 Å². The van der Waals surface area contributed by atoms with Crippen LogP contribution in [-0.4, -0.2) is 4.40 Å². The second kappa shape index (κ2) is 6.13. The number of pyridine rings is 1. The number of benzene rings is 5. The summed E-state index contributed by atoms with van der Waals surface area (Å²) in [4.78, 5) is 0. The van der Waals surface area contributed by atoms with Gasteiger partial charge in [0.2, 0.25) is 0 Å². The van der Waals surface area contributed by atoms with Gasteiger partial charge in [-0.3, -0.25) is 0 Å². The van der Waals surface area contributed by atoms with Gasteiger partial charge in [-0.1, -0.05) is 84.4 Å². The van der Waals surface area contributed by atoms with Crippen LogP contribution < -0.4 is 5.32 Å². The number of hydrogen-bond donors (Lipinski definition) is 1. The summed E-state index contributed by atoms with van der Waals surface area (Å²) >= 11 is 6.48. The highest BCUT2D eigenvalue weighted by Gasteiger charge is 2.19.